The number of aryl methyl sites for hydroxylation is 2. The van der Waals surface area contributed by atoms with Gasteiger partial charge >= 0.3 is 0 Å². The highest BCUT2D eigenvalue weighted by molar-refractivity contribution is 14.1. The predicted molar refractivity (Wildman–Crippen MR) is 79.1 cm³/mol. The molecule has 1 unspecified atom stereocenters. The van der Waals surface area contributed by atoms with Gasteiger partial charge in [-0.25, -0.2) is 4.68 Å². The quantitative estimate of drug-likeness (QED) is 0.852. The SMILES string of the molecule is Cc1ccc(C(C)n2ncc(I)c2N)cc1C. The van der Waals surface area contributed by atoms with Gasteiger partial charge < -0.3 is 5.73 Å². The van der Waals surface area contributed by atoms with E-state index in [0.29, 0.717) is 0 Å². The predicted octanol–water partition coefficient (Wildman–Crippen LogP) is 3.30. The van der Waals surface area contributed by atoms with Crippen LogP contribution < -0.4 is 5.73 Å². The van der Waals surface area contributed by atoms with Crippen molar-refractivity contribution in [3.63, 3.8) is 0 Å². The molecule has 1 aromatic carbocycles. The summed E-state index contributed by atoms with van der Waals surface area (Å²) in [6.07, 6.45) is 1.80. The molecule has 0 fully saturated rings. The van der Waals surface area contributed by atoms with Crippen LogP contribution in [0.2, 0.25) is 0 Å². The third kappa shape index (κ3) is 2.31. The molecule has 17 heavy (non-hydrogen) atoms. The van der Waals surface area contributed by atoms with Crippen LogP contribution >= 0.6 is 22.6 Å². The molecule has 0 spiro atoms. The molecule has 1 aromatic heterocycles. The van der Waals surface area contributed by atoms with Crippen LogP contribution in [0.1, 0.15) is 29.7 Å². The Hall–Kier alpha value is -1.04. The summed E-state index contributed by atoms with van der Waals surface area (Å²) in [6.45, 7) is 6.36. The van der Waals surface area contributed by atoms with Gasteiger partial charge in [-0.3, -0.25) is 0 Å². The van der Waals surface area contributed by atoms with Crippen molar-refractivity contribution >= 4 is 28.4 Å². The van der Waals surface area contributed by atoms with E-state index in [9.17, 15) is 0 Å². The number of nitrogen functional groups attached to an aromatic ring is 1. The van der Waals surface area contributed by atoms with E-state index in [0.717, 1.165) is 9.39 Å². The van der Waals surface area contributed by atoms with Crippen molar-refractivity contribution in [1.82, 2.24) is 9.78 Å². The average molecular weight is 341 g/mol. The number of hydrogen-bond acceptors (Lipinski definition) is 2. The zero-order chi connectivity index (χ0) is 12.6. The summed E-state index contributed by atoms with van der Waals surface area (Å²) in [5.74, 6) is 0.733. The molecule has 2 N–H and O–H groups in total. The average Bonchev–Trinajstić information content (AvgIpc) is 2.63. The molecule has 0 aliphatic carbocycles. The highest BCUT2D eigenvalue weighted by Gasteiger charge is 2.13. The van der Waals surface area contributed by atoms with Crippen molar-refractivity contribution in [2.75, 3.05) is 5.73 Å². The van der Waals surface area contributed by atoms with Crippen molar-refractivity contribution in [2.45, 2.75) is 26.8 Å². The molecule has 90 valence electrons. The van der Waals surface area contributed by atoms with E-state index < -0.39 is 0 Å². The molecule has 0 bridgehead atoms. The molecule has 0 saturated heterocycles. The summed E-state index contributed by atoms with van der Waals surface area (Å²) in [7, 11) is 0. The summed E-state index contributed by atoms with van der Waals surface area (Å²) >= 11 is 2.20. The van der Waals surface area contributed by atoms with Gasteiger partial charge in [0.1, 0.15) is 5.82 Å². The molecule has 2 aromatic rings. The van der Waals surface area contributed by atoms with E-state index in [1.54, 1.807) is 6.20 Å². The van der Waals surface area contributed by atoms with Crippen LogP contribution in [0.25, 0.3) is 0 Å². The first-order valence-electron chi connectivity index (χ1n) is 5.56. The van der Waals surface area contributed by atoms with Crippen molar-refractivity contribution in [1.29, 1.82) is 0 Å². The highest BCUT2D eigenvalue weighted by atomic mass is 127. The van der Waals surface area contributed by atoms with Crippen molar-refractivity contribution < 1.29 is 0 Å². The van der Waals surface area contributed by atoms with Gasteiger partial charge in [0.05, 0.1) is 15.8 Å². The van der Waals surface area contributed by atoms with Gasteiger partial charge in [0.15, 0.2) is 0 Å². The van der Waals surface area contributed by atoms with E-state index in [1.165, 1.54) is 16.7 Å². The molecule has 0 amide bonds. The molecule has 0 radical (unpaired) electrons. The number of hydrogen-bond donors (Lipinski definition) is 1. The van der Waals surface area contributed by atoms with Gasteiger partial charge in [0, 0.05) is 0 Å². The Labute approximate surface area is 115 Å². The van der Waals surface area contributed by atoms with E-state index in [2.05, 4.69) is 66.7 Å². The Balaban J connectivity index is 2.40. The van der Waals surface area contributed by atoms with Crippen LogP contribution in [0.15, 0.2) is 24.4 Å². The maximum absolute atomic E-state index is 6.00. The van der Waals surface area contributed by atoms with Gasteiger partial charge in [0.25, 0.3) is 0 Å². The standard InChI is InChI=1S/C13H16IN3/c1-8-4-5-11(6-9(8)2)10(3)17-13(15)12(14)7-16-17/h4-7,10H,15H2,1-3H3. The van der Waals surface area contributed by atoms with Gasteiger partial charge in [0.2, 0.25) is 0 Å². The first-order valence-corrected chi connectivity index (χ1v) is 6.64. The summed E-state index contributed by atoms with van der Waals surface area (Å²) in [5.41, 5.74) is 9.85. The zero-order valence-electron chi connectivity index (χ0n) is 10.2. The Morgan fingerprint density at radius 1 is 1.29 bits per heavy atom. The Bertz CT molecular complexity index is 546. The lowest BCUT2D eigenvalue weighted by Crippen LogP contribution is -2.12. The van der Waals surface area contributed by atoms with E-state index in [4.69, 9.17) is 5.73 Å². The van der Waals surface area contributed by atoms with Crippen LogP contribution in [0.4, 0.5) is 5.82 Å². The number of rotatable bonds is 2. The number of aromatic nitrogens is 2. The molecule has 4 heteroatoms. The summed E-state index contributed by atoms with van der Waals surface area (Å²) in [6, 6.07) is 6.65. The van der Waals surface area contributed by atoms with Crippen molar-refractivity contribution in [2.24, 2.45) is 0 Å². The molecule has 2 rings (SSSR count). The van der Waals surface area contributed by atoms with Crippen molar-refractivity contribution in [3.8, 4) is 0 Å². The van der Waals surface area contributed by atoms with Gasteiger partial charge in [-0.1, -0.05) is 18.2 Å². The topological polar surface area (TPSA) is 43.8 Å². The second-order valence-electron chi connectivity index (χ2n) is 4.34. The first kappa shape index (κ1) is 12.4. The largest absolute Gasteiger partial charge is 0.383 e. The normalized spacial score (nSPS) is 12.7. The minimum Gasteiger partial charge on any atom is -0.383 e. The molecular weight excluding hydrogens is 325 g/mol. The fourth-order valence-corrected chi connectivity index (χ4v) is 2.20. The number of anilines is 1. The van der Waals surface area contributed by atoms with E-state index in [1.807, 2.05) is 4.68 Å². The number of benzene rings is 1. The van der Waals surface area contributed by atoms with Gasteiger partial charge in [-0.15, -0.1) is 0 Å². The minimum absolute atomic E-state index is 0.165. The van der Waals surface area contributed by atoms with E-state index >= 15 is 0 Å². The van der Waals surface area contributed by atoms with Crippen LogP contribution in [-0.2, 0) is 0 Å². The van der Waals surface area contributed by atoms with Crippen LogP contribution in [0, 0.1) is 17.4 Å². The molecule has 0 aliphatic rings. The molecular formula is C13H16IN3. The van der Waals surface area contributed by atoms with E-state index in [-0.39, 0.29) is 6.04 Å². The van der Waals surface area contributed by atoms with Crippen molar-refractivity contribution in [3.05, 3.63) is 44.7 Å². The second-order valence-corrected chi connectivity index (χ2v) is 5.50. The Morgan fingerprint density at radius 3 is 2.53 bits per heavy atom. The fraction of sp³-hybridized carbons (Fsp3) is 0.308. The smallest absolute Gasteiger partial charge is 0.135 e. The van der Waals surface area contributed by atoms with Crippen LogP contribution in [-0.4, -0.2) is 9.78 Å². The van der Waals surface area contributed by atoms with Crippen LogP contribution in [0.5, 0.6) is 0 Å². The molecule has 1 heterocycles. The number of halogens is 1. The summed E-state index contributed by atoms with van der Waals surface area (Å²) < 4.78 is 2.87. The van der Waals surface area contributed by atoms with Gasteiger partial charge in [-0.2, -0.15) is 5.10 Å². The highest BCUT2D eigenvalue weighted by Crippen LogP contribution is 2.24. The summed E-state index contributed by atoms with van der Waals surface area (Å²) in [4.78, 5) is 0. The molecule has 3 nitrogen and oxygen atoms in total. The molecule has 0 saturated carbocycles. The third-order valence-electron chi connectivity index (χ3n) is 3.17. The number of nitrogens with zero attached hydrogens (tertiary/aromatic N) is 2. The van der Waals surface area contributed by atoms with Gasteiger partial charge in [-0.05, 0) is 60.1 Å². The molecule has 1 atom stereocenters. The third-order valence-corrected chi connectivity index (χ3v) is 4.00. The first-order chi connectivity index (χ1) is 8.00. The lowest BCUT2D eigenvalue weighted by Gasteiger charge is -2.15. The minimum atomic E-state index is 0.165. The monoisotopic (exact) mass is 341 g/mol. The lowest BCUT2D eigenvalue weighted by molar-refractivity contribution is 0.572. The maximum atomic E-state index is 6.00. The maximum Gasteiger partial charge on any atom is 0.135 e. The second kappa shape index (κ2) is 4.68. The Kier molecular flexibility index (Phi) is 3.42. The lowest BCUT2D eigenvalue weighted by atomic mass is 10.0. The fourth-order valence-electron chi connectivity index (χ4n) is 1.82. The molecule has 0 aliphatic heterocycles. The zero-order valence-corrected chi connectivity index (χ0v) is 12.4. The number of nitrogens with two attached hydrogens (primary N) is 1. The van der Waals surface area contributed by atoms with Crippen LogP contribution in [0.3, 0.4) is 0 Å². The Morgan fingerprint density at radius 2 is 2.00 bits per heavy atom. The summed E-state index contributed by atoms with van der Waals surface area (Å²) in [5, 5.41) is 4.33.